The number of halogens is 2. The summed E-state index contributed by atoms with van der Waals surface area (Å²) in [4.78, 5) is 40.6. The molecule has 56 heavy (non-hydrogen) atoms. The summed E-state index contributed by atoms with van der Waals surface area (Å²) in [6.07, 6.45) is 5.90. The largest absolute Gasteiger partial charge is 0.496 e. The number of nitrogens with one attached hydrogen (secondary N) is 2. The van der Waals surface area contributed by atoms with Crippen molar-refractivity contribution in [3.63, 3.8) is 0 Å². The van der Waals surface area contributed by atoms with Crippen molar-refractivity contribution in [1.29, 1.82) is 0 Å². The van der Waals surface area contributed by atoms with E-state index in [4.69, 9.17) is 9.47 Å². The Balaban J connectivity index is 0.929. The van der Waals surface area contributed by atoms with E-state index < -0.39 is 11.8 Å². The molecule has 2 saturated heterocycles. The van der Waals surface area contributed by atoms with Crippen LogP contribution in [-0.4, -0.2) is 76.2 Å². The number of benzene rings is 3. The Morgan fingerprint density at radius 3 is 2.41 bits per heavy atom. The van der Waals surface area contributed by atoms with E-state index in [9.17, 15) is 14.4 Å². The molecule has 13 heteroatoms. The van der Waals surface area contributed by atoms with Crippen LogP contribution in [0.1, 0.15) is 58.6 Å². The number of methoxy groups -OCH3 is 2. The van der Waals surface area contributed by atoms with Gasteiger partial charge in [0.2, 0.25) is 11.8 Å². The fourth-order valence-corrected chi connectivity index (χ4v) is 8.83. The summed E-state index contributed by atoms with van der Waals surface area (Å²) in [6, 6.07) is 17.4. The SMILES string of the molecule is COc1cc(-c2cn(C)c(=O)c3[nH]ncc23)cc(OC)c1CN1CCc2c(cccc2CN2CCC(c3ccc(CC4CCC(=O)NC4=O)cc3)C(F)(F)C2)C1. The average Bonchev–Trinajstić information content (AvgIpc) is 3.68. The molecular formula is C43H46F2N6O5. The molecule has 5 heterocycles. The van der Waals surface area contributed by atoms with Gasteiger partial charge in [-0.1, -0.05) is 42.5 Å². The van der Waals surface area contributed by atoms with Gasteiger partial charge in [-0.2, -0.15) is 5.10 Å². The highest BCUT2D eigenvalue weighted by Crippen LogP contribution is 2.42. The zero-order valence-electron chi connectivity index (χ0n) is 31.9. The first-order valence-electron chi connectivity index (χ1n) is 19.1. The molecule has 2 atom stereocenters. The van der Waals surface area contributed by atoms with Crippen LogP contribution in [0.25, 0.3) is 22.0 Å². The molecule has 11 nitrogen and oxygen atoms in total. The number of nitrogens with zero attached hydrogens (tertiary/aromatic N) is 4. The third-order valence-electron chi connectivity index (χ3n) is 11.8. The lowest BCUT2D eigenvalue weighted by Crippen LogP contribution is -2.47. The molecule has 0 bridgehead atoms. The van der Waals surface area contributed by atoms with Crippen LogP contribution in [0.4, 0.5) is 8.78 Å². The maximum absolute atomic E-state index is 15.8. The minimum Gasteiger partial charge on any atom is -0.496 e. The normalized spacial score (nSPS) is 20.2. The molecule has 0 aliphatic carbocycles. The highest BCUT2D eigenvalue weighted by Gasteiger charge is 2.45. The smallest absolute Gasteiger partial charge is 0.276 e. The van der Waals surface area contributed by atoms with E-state index in [1.54, 1.807) is 45.8 Å². The Labute approximate surface area is 323 Å². The molecule has 8 rings (SSSR count). The maximum Gasteiger partial charge on any atom is 0.276 e. The molecule has 3 aliphatic rings. The van der Waals surface area contributed by atoms with E-state index in [2.05, 4.69) is 32.5 Å². The van der Waals surface area contributed by atoms with E-state index in [0.717, 1.165) is 46.2 Å². The van der Waals surface area contributed by atoms with Crippen LogP contribution in [0.15, 0.2) is 71.8 Å². The number of rotatable bonds is 10. The molecule has 0 spiro atoms. The molecule has 5 aromatic rings. The summed E-state index contributed by atoms with van der Waals surface area (Å²) in [5.41, 5.74) is 7.90. The Morgan fingerprint density at radius 2 is 1.70 bits per heavy atom. The van der Waals surface area contributed by atoms with E-state index in [-0.39, 0.29) is 29.8 Å². The van der Waals surface area contributed by atoms with Crippen molar-refractivity contribution in [2.24, 2.45) is 13.0 Å². The van der Waals surface area contributed by atoms with Gasteiger partial charge in [0.1, 0.15) is 17.0 Å². The molecule has 0 radical (unpaired) electrons. The van der Waals surface area contributed by atoms with Crippen LogP contribution in [-0.2, 0) is 49.1 Å². The van der Waals surface area contributed by atoms with Gasteiger partial charge >= 0.3 is 0 Å². The Hall–Kier alpha value is -5.40. The van der Waals surface area contributed by atoms with Crippen molar-refractivity contribution in [2.75, 3.05) is 33.9 Å². The summed E-state index contributed by atoms with van der Waals surface area (Å²) < 4.78 is 45.0. The first kappa shape index (κ1) is 37.5. The fourth-order valence-electron chi connectivity index (χ4n) is 8.83. The van der Waals surface area contributed by atoms with Crippen molar-refractivity contribution in [3.05, 3.63) is 111 Å². The number of hydrogen-bond donors (Lipinski definition) is 2. The second kappa shape index (κ2) is 15.3. The van der Waals surface area contributed by atoms with Crippen LogP contribution in [0.2, 0.25) is 0 Å². The number of imide groups is 1. The molecule has 2 N–H and O–H groups in total. The van der Waals surface area contributed by atoms with Crippen molar-refractivity contribution in [2.45, 2.75) is 63.6 Å². The monoisotopic (exact) mass is 764 g/mol. The van der Waals surface area contributed by atoms with E-state index in [0.29, 0.717) is 74.4 Å². The number of carbonyl (C=O) groups is 2. The standard InChI is InChI=1S/C43H46F2N6O5/c1-49-23-34(33-20-46-48-40(33)42(49)54)31-18-37(55-2)35(38(19-31)56-3)24-50-15-13-32-29(21-50)5-4-6-30(32)22-51-16-14-36(43(44,45)25-51)27-9-7-26(8-10-27)17-28-11-12-39(52)47-41(28)53/h4-10,18-20,23,28,36H,11-17,21-22,24-25H2,1-3H3,(H,46,48)(H,47,52,53). The number of aryl methyl sites for hydroxylation is 1. The maximum atomic E-state index is 15.8. The summed E-state index contributed by atoms with van der Waals surface area (Å²) in [5.74, 6) is -3.21. The number of fused-ring (bicyclic) bond motifs is 2. The molecule has 0 saturated carbocycles. The first-order chi connectivity index (χ1) is 27.0. The summed E-state index contributed by atoms with van der Waals surface area (Å²) >= 11 is 0. The number of carbonyl (C=O) groups excluding carboxylic acids is 2. The third kappa shape index (κ3) is 7.33. The lowest BCUT2D eigenvalue weighted by Gasteiger charge is -2.39. The van der Waals surface area contributed by atoms with E-state index in [1.807, 2.05) is 35.2 Å². The van der Waals surface area contributed by atoms with Crippen molar-refractivity contribution < 1.29 is 27.8 Å². The Bertz CT molecular complexity index is 2330. The molecule has 3 aliphatic heterocycles. The summed E-state index contributed by atoms with van der Waals surface area (Å²) in [5, 5.41) is 10.0. The quantitative estimate of drug-likeness (QED) is 0.173. The number of aromatic amines is 1. The molecule has 2 fully saturated rings. The van der Waals surface area contributed by atoms with Crippen molar-refractivity contribution in [1.82, 2.24) is 29.9 Å². The van der Waals surface area contributed by atoms with Gasteiger partial charge in [0.05, 0.1) is 38.4 Å². The number of hydrogen-bond acceptors (Lipinski definition) is 8. The molecule has 2 unspecified atom stereocenters. The first-order valence-corrected chi connectivity index (χ1v) is 19.1. The van der Waals surface area contributed by atoms with Gasteiger partial charge < -0.3 is 14.0 Å². The minimum absolute atomic E-state index is 0.156. The number of likely N-dealkylation sites (tertiary alicyclic amines) is 1. The number of ether oxygens (including phenoxy) is 2. The van der Waals surface area contributed by atoms with Gasteiger partial charge in [-0.15, -0.1) is 0 Å². The molecule has 2 amide bonds. The van der Waals surface area contributed by atoms with Crippen LogP contribution in [0.3, 0.4) is 0 Å². The molecule has 2 aromatic heterocycles. The summed E-state index contributed by atoms with van der Waals surface area (Å²) in [7, 11) is 4.99. The van der Waals surface area contributed by atoms with E-state index >= 15 is 8.78 Å². The van der Waals surface area contributed by atoms with Gasteiger partial charge in [0.15, 0.2) is 0 Å². The molecule has 3 aromatic carbocycles. The van der Waals surface area contributed by atoms with Gasteiger partial charge in [0, 0.05) is 62.7 Å². The number of H-pyrrole nitrogens is 1. The highest BCUT2D eigenvalue weighted by molar-refractivity contribution is 5.98. The topological polar surface area (TPSA) is 122 Å². The molecular weight excluding hydrogens is 719 g/mol. The average molecular weight is 765 g/mol. The highest BCUT2D eigenvalue weighted by atomic mass is 19.3. The van der Waals surface area contributed by atoms with Gasteiger partial charge in [-0.3, -0.25) is 34.6 Å². The van der Waals surface area contributed by atoms with Crippen LogP contribution in [0.5, 0.6) is 11.5 Å². The zero-order valence-corrected chi connectivity index (χ0v) is 31.9. The predicted molar refractivity (Wildman–Crippen MR) is 208 cm³/mol. The number of aromatic nitrogens is 3. The van der Waals surface area contributed by atoms with Gasteiger partial charge in [-0.25, -0.2) is 8.78 Å². The number of piperidine rings is 2. The van der Waals surface area contributed by atoms with Gasteiger partial charge in [-0.05, 0) is 77.7 Å². The second-order valence-corrected chi connectivity index (χ2v) is 15.4. The van der Waals surface area contributed by atoms with E-state index in [1.165, 1.54) is 15.7 Å². The molecule has 292 valence electrons. The second-order valence-electron chi connectivity index (χ2n) is 15.4. The number of alkyl halides is 2. The summed E-state index contributed by atoms with van der Waals surface area (Å²) in [6.45, 7) is 2.79. The van der Waals surface area contributed by atoms with Crippen molar-refractivity contribution >= 4 is 22.7 Å². The number of pyridine rings is 1. The Morgan fingerprint density at radius 1 is 0.929 bits per heavy atom. The lowest BCUT2D eigenvalue weighted by atomic mass is 9.84. The van der Waals surface area contributed by atoms with Crippen LogP contribution < -0.4 is 20.3 Å². The fraction of sp³-hybridized carbons (Fsp3) is 0.395. The van der Waals surface area contributed by atoms with Crippen molar-refractivity contribution in [3.8, 4) is 22.6 Å². The third-order valence-corrected chi connectivity index (χ3v) is 11.8. The van der Waals surface area contributed by atoms with Gasteiger partial charge in [0.25, 0.3) is 11.5 Å². The zero-order chi connectivity index (χ0) is 39.1. The predicted octanol–water partition coefficient (Wildman–Crippen LogP) is 5.72. The Kier molecular flexibility index (Phi) is 10.2. The van der Waals surface area contributed by atoms with Crippen LogP contribution >= 0.6 is 0 Å². The lowest BCUT2D eigenvalue weighted by molar-refractivity contribution is -0.136. The number of amides is 2. The van der Waals surface area contributed by atoms with Crippen LogP contribution in [0, 0.1) is 5.92 Å². The minimum atomic E-state index is -2.90.